The van der Waals surface area contributed by atoms with Crippen LogP contribution in [0.3, 0.4) is 0 Å². The molecular weight excluding hydrogens is 461 g/mol. The van der Waals surface area contributed by atoms with E-state index in [1.807, 2.05) is 0 Å². The third kappa shape index (κ3) is 28.1. The molecule has 0 aliphatic carbocycles. The molecule has 0 spiro atoms. The van der Waals surface area contributed by atoms with Crippen molar-refractivity contribution >= 4 is 5.97 Å². The second-order valence-electron chi connectivity index (χ2n) is 9.26. The number of hydrogen-bond donors (Lipinski definition) is 0. The maximum Gasteiger partial charge on any atom is 1.00 e. The Bertz CT molecular complexity index is 492. The van der Waals surface area contributed by atoms with Crippen molar-refractivity contribution in [1.82, 2.24) is 0 Å². The fourth-order valence-corrected chi connectivity index (χ4v) is 3.35. The fourth-order valence-electron chi connectivity index (χ4n) is 3.35. The Morgan fingerprint density at radius 3 is 1.35 bits per heavy atom. The van der Waals surface area contributed by atoms with Gasteiger partial charge in [-0.3, -0.25) is 0 Å². The Balaban J connectivity index is -0.000000598. The molecule has 0 saturated carbocycles. The molecule has 0 aromatic heterocycles. The summed E-state index contributed by atoms with van der Waals surface area (Å²) in [5.41, 5.74) is 0.220. The first kappa shape index (κ1) is 35.7. The maximum atomic E-state index is 10.1. The van der Waals surface area contributed by atoms with Crippen molar-refractivity contribution in [3.8, 4) is 0 Å². The zero-order chi connectivity index (χ0) is 21.8. The van der Waals surface area contributed by atoms with E-state index in [1.54, 1.807) is 18.2 Å². The van der Waals surface area contributed by atoms with Crippen LogP contribution in [0, 0.1) is 0 Å². The number of hydrogen-bond acceptors (Lipinski definition) is 2. The fraction of sp³-hybridized carbons (Fsp3) is 0.731. The first-order valence-electron chi connectivity index (χ1n) is 11.9. The van der Waals surface area contributed by atoms with Crippen LogP contribution < -0.4 is 51.6 Å². The molecule has 0 saturated heterocycles. The predicted octanol–water partition coefficient (Wildman–Crippen LogP) is 0.232. The van der Waals surface area contributed by atoms with Crippen LogP contribution in [-0.4, -0.2) is 38.1 Å². The maximum absolute atomic E-state index is 10.1. The van der Waals surface area contributed by atoms with Gasteiger partial charge in [0.1, 0.15) is 0 Å². The van der Waals surface area contributed by atoms with Crippen LogP contribution in [0.4, 0.5) is 0 Å². The number of halogens is 1. The average molecular weight is 509 g/mol. The number of aromatic carboxylic acids is 1. The summed E-state index contributed by atoms with van der Waals surface area (Å²) in [5, 5.41) is 10.1. The molecule has 3 nitrogen and oxygen atoms in total. The molecule has 0 unspecified atom stereocenters. The van der Waals surface area contributed by atoms with Gasteiger partial charge >= 0.3 is 29.6 Å². The smallest absolute Gasteiger partial charge is 1.00 e. The number of nitrogens with zero attached hydrogens (tertiary/aromatic N) is 1. The summed E-state index contributed by atoms with van der Waals surface area (Å²) in [6.45, 7) is 3.63. The van der Waals surface area contributed by atoms with E-state index in [0.29, 0.717) is 0 Å². The molecule has 0 N–H and O–H groups in total. The second-order valence-corrected chi connectivity index (χ2v) is 9.26. The summed E-state index contributed by atoms with van der Waals surface area (Å²) in [7, 11) is 6.88. The molecule has 176 valence electrons. The van der Waals surface area contributed by atoms with Gasteiger partial charge in [-0.05, 0) is 18.4 Å². The quantitative estimate of drug-likeness (QED) is 0.182. The summed E-state index contributed by atoms with van der Waals surface area (Å²) in [4.78, 5) is 10.1. The van der Waals surface area contributed by atoms with Gasteiger partial charge in [0.15, 0.2) is 0 Å². The minimum Gasteiger partial charge on any atom is -1.00 e. The molecule has 1 aromatic carbocycles. The van der Waals surface area contributed by atoms with Crippen LogP contribution in [0.5, 0.6) is 0 Å². The SMILES string of the molecule is CCCCCCCCCCCCCCCC[N+](C)(C)C.O=C([O-])c1ccccc1.[Br-].[Na+]. The van der Waals surface area contributed by atoms with Crippen molar-refractivity contribution in [2.24, 2.45) is 0 Å². The summed E-state index contributed by atoms with van der Waals surface area (Å²) >= 11 is 0. The van der Waals surface area contributed by atoms with Gasteiger partial charge in [0.2, 0.25) is 0 Å². The van der Waals surface area contributed by atoms with E-state index in [2.05, 4.69) is 28.1 Å². The summed E-state index contributed by atoms with van der Waals surface area (Å²) in [6, 6.07) is 8.06. The molecule has 31 heavy (non-hydrogen) atoms. The van der Waals surface area contributed by atoms with Gasteiger partial charge in [-0.2, -0.15) is 0 Å². The van der Waals surface area contributed by atoms with Crippen LogP contribution in [0.15, 0.2) is 30.3 Å². The zero-order valence-electron chi connectivity index (χ0n) is 21.1. The van der Waals surface area contributed by atoms with Crippen LogP contribution >= 0.6 is 0 Å². The van der Waals surface area contributed by atoms with Gasteiger partial charge in [0, 0.05) is 0 Å². The number of carboxylic acids is 1. The first-order chi connectivity index (χ1) is 13.9. The van der Waals surface area contributed by atoms with Crippen molar-refractivity contribution in [1.29, 1.82) is 0 Å². The van der Waals surface area contributed by atoms with Crippen molar-refractivity contribution in [3.63, 3.8) is 0 Å². The topological polar surface area (TPSA) is 40.1 Å². The standard InChI is InChI=1S/C19H42N.C7H6O2.BrH.Na/c1-5-6-7-8-9-10-11-12-13-14-15-16-17-18-19-20(2,3)4;8-7(9)6-4-2-1-3-5-6;;/h5-19H2,1-4H3;1-5H,(H,8,9);1H;/q+1;;;+1/p-2. The number of carbonyl (C=O) groups is 1. The van der Waals surface area contributed by atoms with Crippen LogP contribution in [0.2, 0.25) is 0 Å². The van der Waals surface area contributed by atoms with Gasteiger partial charge in [0.25, 0.3) is 0 Å². The summed E-state index contributed by atoms with van der Waals surface area (Å²) < 4.78 is 1.12. The molecule has 0 radical (unpaired) electrons. The largest absolute Gasteiger partial charge is 1.00 e. The first-order valence-corrected chi connectivity index (χ1v) is 11.9. The average Bonchev–Trinajstić information content (AvgIpc) is 2.68. The van der Waals surface area contributed by atoms with Crippen LogP contribution in [-0.2, 0) is 0 Å². The van der Waals surface area contributed by atoms with E-state index >= 15 is 0 Å². The Morgan fingerprint density at radius 1 is 0.710 bits per heavy atom. The van der Waals surface area contributed by atoms with Gasteiger partial charge < -0.3 is 31.4 Å². The van der Waals surface area contributed by atoms with E-state index in [1.165, 1.54) is 109 Å². The normalized spacial score (nSPS) is 10.3. The van der Waals surface area contributed by atoms with Gasteiger partial charge in [0.05, 0.1) is 33.7 Å². The molecule has 0 amide bonds. The van der Waals surface area contributed by atoms with Crippen molar-refractivity contribution in [2.45, 2.75) is 96.8 Å². The molecule has 0 aliphatic heterocycles. The number of quaternary nitrogens is 1. The number of carboxylic acid groups (broad SMARTS) is 1. The Kier molecular flexibility index (Phi) is 28.5. The molecule has 0 heterocycles. The third-order valence-electron chi connectivity index (χ3n) is 5.19. The van der Waals surface area contributed by atoms with Crippen molar-refractivity contribution in [2.75, 3.05) is 27.7 Å². The Labute approximate surface area is 226 Å². The molecular formula is C26H47BrNNaO2. The molecule has 0 atom stereocenters. The molecule has 5 heteroatoms. The van der Waals surface area contributed by atoms with Gasteiger partial charge in [-0.25, -0.2) is 0 Å². The minimum atomic E-state index is -1.13. The van der Waals surface area contributed by atoms with Crippen LogP contribution in [0.1, 0.15) is 107 Å². The Hall–Kier alpha value is 0.130. The predicted molar refractivity (Wildman–Crippen MR) is 124 cm³/mol. The van der Waals surface area contributed by atoms with Crippen molar-refractivity contribution in [3.05, 3.63) is 35.9 Å². The number of unbranched alkanes of at least 4 members (excludes halogenated alkanes) is 13. The van der Waals surface area contributed by atoms with E-state index in [9.17, 15) is 9.90 Å². The second kappa shape index (κ2) is 24.8. The van der Waals surface area contributed by atoms with E-state index in [-0.39, 0.29) is 52.1 Å². The van der Waals surface area contributed by atoms with E-state index in [0.717, 1.165) is 4.48 Å². The molecule has 0 fully saturated rings. The summed E-state index contributed by atoms with van der Waals surface area (Å²) in [5.74, 6) is -1.13. The van der Waals surface area contributed by atoms with Crippen LogP contribution in [0.25, 0.3) is 0 Å². The van der Waals surface area contributed by atoms with Gasteiger partial charge in [-0.15, -0.1) is 0 Å². The van der Waals surface area contributed by atoms with E-state index < -0.39 is 5.97 Å². The molecule has 1 rings (SSSR count). The summed E-state index contributed by atoms with van der Waals surface area (Å²) in [6.07, 6.45) is 20.4. The monoisotopic (exact) mass is 507 g/mol. The third-order valence-corrected chi connectivity index (χ3v) is 5.19. The van der Waals surface area contributed by atoms with Crippen molar-refractivity contribution < 1.29 is 60.9 Å². The Morgan fingerprint density at radius 2 is 1.06 bits per heavy atom. The van der Waals surface area contributed by atoms with E-state index in [4.69, 9.17) is 0 Å². The molecule has 0 aliphatic rings. The van der Waals surface area contributed by atoms with Gasteiger partial charge in [-0.1, -0.05) is 114 Å². The zero-order valence-corrected chi connectivity index (χ0v) is 24.7. The number of rotatable bonds is 16. The minimum absolute atomic E-state index is 0. The number of carbonyl (C=O) groups excluding carboxylic acids is 1. The number of benzene rings is 1. The molecule has 0 bridgehead atoms. The molecule has 1 aromatic rings.